The molecule has 0 aromatic carbocycles. The summed E-state index contributed by atoms with van der Waals surface area (Å²) in [5, 5.41) is 11.4. The second-order valence-corrected chi connectivity index (χ2v) is 10.2. The van der Waals surface area contributed by atoms with E-state index < -0.39 is 6.10 Å². The number of allylic oxidation sites excluding steroid dienone is 4. The summed E-state index contributed by atoms with van der Waals surface area (Å²) in [6, 6.07) is 0. The minimum Gasteiger partial charge on any atom is -0.393 e. The van der Waals surface area contributed by atoms with Crippen molar-refractivity contribution in [1.82, 2.24) is 0 Å². The molecule has 3 saturated carbocycles. The van der Waals surface area contributed by atoms with E-state index in [9.17, 15) is 14.7 Å². The monoisotopic (exact) mass is 424 g/mol. The topological polar surface area (TPSA) is 54.4 Å². The van der Waals surface area contributed by atoms with E-state index in [1.54, 1.807) is 6.08 Å². The zero-order valence-corrected chi connectivity index (χ0v) is 19.8. The maximum absolute atomic E-state index is 13.0. The van der Waals surface area contributed by atoms with Crippen molar-refractivity contribution in [1.29, 1.82) is 0 Å². The first-order valence-corrected chi connectivity index (χ1v) is 11.7. The maximum atomic E-state index is 13.0. The van der Waals surface area contributed by atoms with Crippen LogP contribution in [-0.2, 0) is 9.59 Å². The van der Waals surface area contributed by atoms with Crippen molar-refractivity contribution in [3.8, 4) is 12.8 Å². The van der Waals surface area contributed by atoms with E-state index in [0.717, 1.165) is 32.1 Å². The molecule has 1 N–H and O–H groups in total. The van der Waals surface area contributed by atoms with Gasteiger partial charge in [0.2, 0.25) is 0 Å². The Kier molecular flexibility index (Phi) is 7.59. The summed E-state index contributed by atoms with van der Waals surface area (Å²) in [6.07, 6.45) is 19.6. The molecule has 2 unspecified atom stereocenters. The summed E-state index contributed by atoms with van der Waals surface area (Å²) in [5.41, 5.74) is 0.513. The Balaban J connectivity index is 0.000000807. The van der Waals surface area contributed by atoms with Crippen LogP contribution in [0.4, 0.5) is 0 Å². The van der Waals surface area contributed by atoms with Crippen molar-refractivity contribution in [2.45, 2.75) is 78.7 Å². The average molecular weight is 425 g/mol. The standard InChI is InChI=1S/C24H34O3.C2H4.C2H2/c1-5-20(27)23(3)11-6-7-18-17-9-8-15-13-16(25)10-12-22(15,2)21(17)19(26)14-24(18,23)4;2*1-2/h10,12-13,17-19,21,26H,5-9,11,14H2,1-4H3;1-2H2;1-2H/t17-,18?,19-,21?,22-,23+,24-;;/m0../s1. The van der Waals surface area contributed by atoms with Crippen LogP contribution in [-0.4, -0.2) is 22.8 Å². The van der Waals surface area contributed by atoms with E-state index in [4.69, 9.17) is 0 Å². The Morgan fingerprint density at radius 3 is 2.48 bits per heavy atom. The smallest absolute Gasteiger partial charge is 0.178 e. The highest BCUT2D eigenvalue weighted by Gasteiger charge is 2.64. The number of aliphatic hydroxyl groups is 1. The number of rotatable bonds is 2. The van der Waals surface area contributed by atoms with Gasteiger partial charge in [0.1, 0.15) is 5.78 Å². The molecule has 3 fully saturated rings. The number of aliphatic hydroxyl groups excluding tert-OH is 1. The Bertz CT molecular complexity index is 789. The minimum atomic E-state index is -0.426. The predicted molar refractivity (Wildman–Crippen MR) is 127 cm³/mol. The van der Waals surface area contributed by atoms with E-state index in [0.29, 0.717) is 30.5 Å². The van der Waals surface area contributed by atoms with Gasteiger partial charge in [-0.05, 0) is 61.5 Å². The van der Waals surface area contributed by atoms with Crippen LogP contribution in [0.2, 0.25) is 0 Å². The van der Waals surface area contributed by atoms with Crippen LogP contribution in [0.25, 0.3) is 0 Å². The number of carbonyl (C=O) groups excluding carboxylic acids is 2. The van der Waals surface area contributed by atoms with E-state index >= 15 is 0 Å². The van der Waals surface area contributed by atoms with Crippen LogP contribution < -0.4 is 0 Å². The first-order valence-electron chi connectivity index (χ1n) is 11.7. The van der Waals surface area contributed by atoms with Gasteiger partial charge in [0.25, 0.3) is 0 Å². The molecule has 0 aromatic rings. The highest BCUT2D eigenvalue weighted by Crippen LogP contribution is 2.67. The van der Waals surface area contributed by atoms with Crippen LogP contribution in [0.15, 0.2) is 37.0 Å². The van der Waals surface area contributed by atoms with Crippen LogP contribution >= 0.6 is 0 Å². The van der Waals surface area contributed by atoms with Crippen LogP contribution in [0.1, 0.15) is 72.6 Å². The molecular weight excluding hydrogens is 384 g/mol. The molecule has 7 atom stereocenters. The molecular formula is C28H40O3. The van der Waals surface area contributed by atoms with Crippen LogP contribution in [0.3, 0.4) is 0 Å². The SMILES string of the molecule is C#C.C=C.CCC(=O)[C@@]1(C)CCCC2[C@@H]3CCC4=CC(=O)C=C[C@]4(C)C3[C@@H](O)C[C@@]21C. The Hall–Kier alpha value is -1.92. The lowest BCUT2D eigenvalue weighted by atomic mass is 9.39. The molecule has 0 heterocycles. The molecule has 0 amide bonds. The van der Waals surface area contributed by atoms with Crippen molar-refractivity contribution in [3.05, 3.63) is 37.0 Å². The van der Waals surface area contributed by atoms with Gasteiger partial charge in [-0.15, -0.1) is 26.0 Å². The summed E-state index contributed by atoms with van der Waals surface area (Å²) in [7, 11) is 0. The third kappa shape index (κ3) is 3.68. The number of fused-ring (bicyclic) bond motifs is 5. The normalized spacial score (nSPS) is 42.8. The van der Waals surface area contributed by atoms with Gasteiger partial charge >= 0.3 is 0 Å². The quantitative estimate of drug-likeness (QED) is 0.457. The zero-order chi connectivity index (χ0) is 23.6. The third-order valence-electron chi connectivity index (χ3n) is 9.27. The minimum absolute atomic E-state index is 0.0786. The van der Waals surface area contributed by atoms with Gasteiger partial charge in [-0.3, -0.25) is 9.59 Å². The highest BCUT2D eigenvalue weighted by molar-refractivity contribution is 6.01. The molecule has 4 aliphatic carbocycles. The third-order valence-corrected chi connectivity index (χ3v) is 9.27. The van der Waals surface area contributed by atoms with E-state index in [1.807, 2.05) is 13.0 Å². The molecule has 31 heavy (non-hydrogen) atoms. The van der Waals surface area contributed by atoms with E-state index in [2.05, 4.69) is 52.9 Å². The first-order chi connectivity index (χ1) is 14.7. The Labute approximate surface area is 189 Å². The van der Waals surface area contributed by atoms with Gasteiger partial charge in [-0.2, -0.15) is 0 Å². The largest absolute Gasteiger partial charge is 0.393 e. The lowest BCUT2D eigenvalue weighted by Crippen LogP contribution is -2.62. The van der Waals surface area contributed by atoms with E-state index in [1.165, 1.54) is 5.57 Å². The summed E-state index contributed by atoms with van der Waals surface area (Å²) in [4.78, 5) is 24.9. The number of hydrogen-bond acceptors (Lipinski definition) is 3. The average Bonchev–Trinajstić information content (AvgIpc) is 2.77. The number of terminal acetylenes is 1. The molecule has 0 aromatic heterocycles. The first kappa shape index (κ1) is 25.3. The van der Waals surface area contributed by atoms with Crippen LogP contribution in [0.5, 0.6) is 0 Å². The van der Waals surface area contributed by atoms with Gasteiger partial charge in [0.15, 0.2) is 5.78 Å². The second kappa shape index (κ2) is 9.29. The molecule has 170 valence electrons. The van der Waals surface area contributed by atoms with Gasteiger partial charge < -0.3 is 5.11 Å². The molecule has 0 bridgehead atoms. The fraction of sp³-hybridized carbons (Fsp3) is 0.643. The lowest BCUT2D eigenvalue weighted by Gasteiger charge is -2.65. The summed E-state index contributed by atoms with van der Waals surface area (Å²) < 4.78 is 0. The Morgan fingerprint density at radius 1 is 1.23 bits per heavy atom. The Morgan fingerprint density at radius 2 is 1.87 bits per heavy atom. The zero-order valence-electron chi connectivity index (χ0n) is 19.8. The lowest BCUT2D eigenvalue weighted by molar-refractivity contribution is -0.184. The molecule has 0 saturated heterocycles. The van der Waals surface area contributed by atoms with E-state index in [-0.39, 0.29) is 27.9 Å². The molecule has 4 aliphatic rings. The molecule has 0 aliphatic heterocycles. The summed E-state index contributed by atoms with van der Waals surface area (Å²) in [6.45, 7) is 14.7. The highest BCUT2D eigenvalue weighted by atomic mass is 16.3. The fourth-order valence-electron chi connectivity index (χ4n) is 7.65. The predicted octanol–water partition coefficient (Wildman–Crippen LogP) is 5.69. The number of carbonyl (C=O) groups is 2. The van der Waals surface area contributed by atoms with Crippen molar-refractivity contribution < 1.29 is 14.7 Å². The molecule has 3 nitrogen and oxygen atoms in total. The number of ketones is 2. The van der Waals surface area contributed by atoms with Gasteiger partial charge in [-0.25, -0.2) is 0 Å². The second-order valence-electron chi connectivity index (χ2n) is 10.2. The summed E-state index contributed by atoms with van der Waals surface area (Å²) >= 11 is 0. The van der Waals surface area contributed by atoms with Gasteiger partial charge in [-0.1, -0.05) is 45.8 Å². The van der Waals surface area contributed by atoms with Crippen molar-refractivity contribution in [3.63, 3.8) is 0 Å². The number of hydrogen-bond donors (Lipinski definition) is 1. The van der Waals surface area contributed by atoms with Crippen molar-refractivity contribution >= 4 is 11.6 Å². The fourth-order valence-corrected chi connectivity index (χ4v) is 7.65. The van der Waals surface area contributed by atoms with Crippen molar-refractivity contribution in [2.24, 2.45) is 34.0 Å². The summed E-state index contributed by atoms with van der Waals surface area (Å²) in [5.74, 6) is 1.49. The molecule has 0 radical (unpaired) electrons. The van der Waals surface area contributed by atoms with Crippen molar-refractivity contribution in [2.75, 3.05) is 0 Å². The molecule has 0 spiro atoms. The molecule has 3 heteroatoms. The molecule has 4 rings (SSSR count). The maximum Gasteiger partial charge on any atom is 0.178 e. The van der Waals surface area contributed by atoms with Gasteiger partial charge in [0, 0.05) is 23.2 Å². The van der Waals surface area contributed by atoms with Gasteiger partial charge in [0.05, 0.1) is 6.10 Å². The van der Waals surface area contributed by atoms with Crippen LogP contribution in [0, 0.1) is 46.8 Å². The number of Topliss-reactive ketones (excluding diaryl/α,β-unsaturated/α-hetero) is 1.